The third-order valence-electron chi connectivity index (χ3n) is 3.86. The zero-order valence-corrected chi connectivity index (χ0v) is 13.2. The van der Waals surface area contributed by atoms with Crippen molar-refractivity contribution in [1.29, 1.82) is 0 Å². The van der Waals surface area contributed by atoms with Gasteiger partial charge in [0, 0.05) is 5.69 Å². The second-order valence-electron chi connectivity index (χ2n) is 5.30. The van der Waals surface area contributed by atoms with Crippen LogP contribution in [0.15, 0.2) is 68.5 Å². The monoisotopic (exact) mass is 353 g/mol. The normalized spacial score (nSPS) is 11.9. The number of fused-ring (bicyclic) bond motifs is 3. The molecule has 4 rings (SSSR count). The fraction of sp³-hybridized carbons (Fsp3) is 0.0556. The van der Waals surface area contributed by atoms with Crippen LogP contribution in [0.2, 0.25) is 0 Å². The van der Waals surface area contributed by atoms with Gasteiger partial charge in [-0.2, -0.15) is 0 Å². The first-order valence-corrected chi connectivity index (χ1v) is 7.76. The standard InChI is InChI=1S/C18H12BrNO2/c19-13-8-17(18(21)22-10-13)20-14-6-5-12-7-11-3-1-2-4-15(11)16(12)9-14/h1-6,8-10,20H,7H2. The molecule has 1 N–H and O–H groups in total. The molecular formula is C18H12BrNO2. The molecule has 3 aromatic rings. The Kier molecular flexibility index (Phi) is 3.12. The Balaban J connectivity index is 1.74. The lowest BCUT2D eigenvalue weighted by Gasteiger charge is -2.08. The van der Waals surface area contributed by atoms with Gasteiger partial charge >= 0.3 is 5.63 Å². The van der Waals surface area contributed by atoms with E-state index in [9.17, 15) is 4.79 Å². The van der Waals surface area contributed by atoms with Gasteiger partial charge in [-0.15, -0.1) is 0 Å². The topological polar surface area (TPSA) is 42.2 Å². The summed E-state index contributed by atoms with van der Waals surface area (Å²) in [6.45, 7) is 0. The van der Waals surface area contributed by atoms with Crippen LogP contribution in [0.5, 0.6) is 0 Å². The summed E-state index contributed by atoms with van der Waals surface area (Å²) in [7, 11) is 0. The minimum absolute atomic E-state index is 0.385. The highest BCUT2D eigenvalue weighted by molar-refractivity contribution is 9.10. The summed E-state index contributed by atoms with van der Waals surface area (Å²) in [5.41, 5.74) is 6.05. The number of halogens is 1. The predicted molar refractivity (Wildman–Crippen MR) is 90.6 cm³/mol. The molecule has 0 saturated heterocycles. The van der Waals surface area contributed by atoms with Crippen molar-refractivity contribution in [3.63, 3.8) is 0 Å². The zero-order valence-electron chi connectivity index (χ0n) is 11.6. The van der Waals surface area contributed by atoms with Gasteiger partial charge in [0.15, 0.2) is 0 Å². The molecule has 2 aromatic carbocycles. The van der Waals surface area contributed by atoms with Crippen LogP contribution < -0.4 is 10.9 Å². The molecule has 0 atom stereocenters. The van der Waals surface area contributed by atoms with Crippen LogP contribution in [0.25, 0.3) is 11.1 Å². The first-order chi connectivity index (χ1) is 10.7. The minimum Gasteiger partial charge on any atom is -0.429 e. The summed E-state index contributed by atoms with van der Waals surface area (Å²) in [5.74, 6) is 0. The summed E-state index contributed by atoms with van der Waals surface area (Å²) in [6, 6.07) is 16.3. The van der Waals surface area contributed by atoms with E-state index in [-0.39, 0.29) is 5.63 Å². The van der Waals surface area contributed by atoms with E-state index in [1.165, 1.54) is 28.5 Å². The Hall–Kier alpha value is -2.33. The first-order valence-electron chi connectivity index (χ1n) is 6.97. The molecule has 0 aliphatic heterocycles. The van der Waals surface area contributed by atoms with Crippen LogP contribution >= 0.6 is 15.9 Å². The summed E-state index contributed by atoms with van der Waals surface area (Å²) < 4.78 is 5.67. The Morgan fingerprint density at radius 2 is 1.82 bits per heavy atom. The quantitative estimate of drug-likeness (QED) is 0.567. The maximum absolute atomic E-state index is 11.8. The molecule has 0 amide bonds. The molecule has 108 valence electrons. The lowest BCUT2D eigenvalue weighted by atomic mass is 10.1. The fourth-order valence-electron chi connectivity index (χ4n) is 2.85. The van der Waals surface area contributed by atoms with Gasteiger partial charge in [-0.25, -0.2) is 4.79 Å². The van der Waals surface area contributed by atoms with Crippen molar-refractivity contribution < 1.29 is 4.42 Å². The fourth-order valence-corrected chi connectivity index (χ4v) is 3.17. The molecule has 0 radical (unpaired) electrons. The van der Waals surface area contributed by atoms with Crippen molar-refractivity contribution in [3.8, 4) is 11.1 Å². The first kappa shape index (κ1) is 13.3. The molecule has 3 nitrogen and oxygen atoms in total. The minimum atomic E-state index is -0.385. The largest absolute Gasteiger partial charge is 0.429 e. The average molecular weight is 354 g/mol. The SMILES string of the molecule is O=c1occ(Br)cc1Nc1ccc2c(c1)-c1ccccc1C2. The van der Waals surface area contributed by atoms with Crippen LogP contribution in [0.4, 0.5) is 11.4 Å². The van der Waals surface area contributed by atoms with Crippen molar-refractivity contribution in [2.45, 2.75) is 6.42 Å². The number of hydrogen-bond acceptors (Lipinski definition) is 3. The van der Waals surface area contributed by atoms with Gasteiger partial charge in [-0.05, 0) is 62.8 Å². The van der Waals surface area contributed by atoms with Crippen molar-refractivity contribution in [2.75, 3.05) is 5.32 Å². The van der Waals surface area contributed by atoms with Crippen LogP contribution in [0, 0.1) is 0 Å². The molecular weight excluding hydrogens is 342 g/mol. The lowest BCUT2D eigenvalue weighted by molar-refractivity contribution is 0.510. The Morgan fingerprint density at radius 1 is 1.00 bits per heavy atom. The molecule has 0 unspecified atom stereocenters. The van der Waals surface area contributed by atoms with Gasteiger partial charge in [-0.1, -0.05) is 30.3 Å². The molecule has 0 bridgehead atoms. The molecule has 1 aliphatic rings. The predicted octanol–water partition coefficient (Wildman–Crippen LogP) is 4.72. The Bertz CT molecular complexity index is 930. The highest BCUT2D eigenvalue weighted by Gasteiger charge is 2.18. The van der Waals surface area contributed by atoms with Crippen molar-refractivity contribution in [3.05, 3.63) is 80.8 Å². The van der Waals surface area contributed by atoms with E-state index >= 15 is 0 Å². The van der Waals surface area contributed by atoms with Crippen molar-refractivity contribution in [1.82, 2.24) is 0 Å². The highest BCUT2D eigenvalue weighted by Crippen LogP contribution is 2.38. The van der Waals surface area contributed by atoms with E-state index in [1.54, 1.807) is 6.07 Å². The van der Waals surface area contributed by atoms with E-state index in [4.69, 9.17) is 4.42 Å². The summed E-state index contributed by atoms with van der Waals surface area (Å²) in [6.07, 6.45) is 2.34. The number of benzene rings is 2. The second kappa shape index (κ2) is 5.14. The van der Waals surface area contributed by atoms with Gasteiger partial charge < -0.3 is 9.73 Å². The lowest BCUT2D eigenvalue weighted by Crippen LogP contribution is -2.06. The molecule has 0 spiro atoms. The molecule has 0 fully saturated rings. The van der Waals surface area contributed by atoms with Crippen LogP contribution in [-0.4, -0.2) is 0 Å². The Labute approximate surface area is 135 Å². The summed E-state index contributed by atoms with van der Waals surface area (Å²) in [5, 5.41) is 3.14. The smallest absolute Gasteiger partial charge is 0.359 e. The molecule has 1 heterocycles. The highest BCUT2D eigenvalue weighted by atomic mass is 79.9. The molecule has 22 heavy (non-hydrogen) atoms. The van der Waals surface area contributed by atoms with Gasteiger partial charge in [0.1, 0.15) is 12.0 Å². The average Bonchev–Trinajstić information content (AvgIpc) is 2.89. The van der Waals surface area contributed by atoms with Crippen LogP contribution in [0.1, 0.15) is 11.1 Å². The van der Waals surface area contributed by atoms with E-state index in [0.29, 0.717) is 5.69 Å². The number of nitrogens with one attached hydrogen (secondary N) is 1. The molecule has 1 aliphatic carbocycles. The van der Waals surface area contributed by atoms with E-state index < -0.39 is 0 Å². The second-order valence-corrected chi connectivity index (χ2v) is 6.21. The zero-order chi connectivity index (χ0) is 15.1. The molecule has 4 heteroatoms. The number of hydrogen-bond donors (Lipinski definition) is 1. The summed E-state index contributed by atoms with van der Waals surface area (Å²) in [4.78, 5) is 11.8. The van der Waals surface area contributed by atoms with E-state index in [1.807, 2.05) is 6.07 Å². The maximum atomic E-state index is 11.8. The van der Waals surface area contributed by atoms with Gasteiger partial charge in [0.05, 0.1) is 4.47 Å². The number of anilines is 2. The van der Waals surface area contributed by atoms with Crippen molar-refractivity contribution >= 4 is 27.3 Å². The maximum Gasteiger partial charge on any atom is 0.359 e. The summed E-state index contributed by atoms with van der Waals surface area (Å²) >= 11 is 3.31. The van der Waals surface area contributed by atoms with Crippen LogP contribution in [-0.2, 0) is 6.42 Å². The molecule has 1 aromatic heterocycles. The van der Waals surface area contributed by atoms with E-state index in [2.05, 4.69) is 57.6 Å². The van der Waals surface area contributed by atoms with E-state index in [0.717, 1.165) is 16.6 Å². The Morgan fingerprint density at radius 3 is 2.73 bits per heavy atom. The molecule has 0 saturated carbocycles. The van der Waals surface area contributed by atoms with Gasteiger partial charge in [0.2, 0.25) is 0 Å². The number of rotatable bonds is 2. The third kappa shape index (κ3) is 2.25. The van der Waals surface area contributed by atoms with Crippen molar-refractivity contribution in [2.24, 2.45) is 0 Å². The van der Waals surface area contributed by atoms with Crippen LogP contribution in [0.3, 0.4) is 0 Å². The van der Waals surface area contributed by atoms with Gasteiger partial charge in [0.25, 0.3) is 0 Å². The van der Waals surface area contributed by atoms with Gasteiger partial charge in [-0.3, -0.25) is 0 Å². The third-order valence-corrected chi connectivity index (χ3v) is 4.27.